The molecule has 1 fully saturated rings. The predicted octanol–water partition coefficient (Wildman–Crippen LogP) is 1.99. The van der Waals surface area contributed by atoms with Crippen molar-refractivity contribution in [1.82, 2.24) is 0 Å². The van der Waals surface area contributed by atoms with E-state index in [4.69, 9.17) is 4.74 Å². The molecular formula is C6H11IO. The highest BCUT2D eigenvalue weighted by Gasteiger charge is 2.35. The molecule has 0 bridgehead atoms. The standard InChI is InChI=1S/C6H11IO/c1-2-5-6(8-5)3-4-7/h5-6H,2-4H2,1H3/t5-,6+/m1/s1. The minimum atomic E-state index is 0.616. The van der Waals surface area contributed by atoms with Crippen LogP contribution >= 0.6 is 22.6 Å². The third-order valence-corrected chi connectivity index (χ3v) is 2.11. The molecule has 0 aromatic heterocycles. The molecule has 0 radical (unpaired) electrons. The van der Waals surface area contributed by atoms with E-state index < -0.39 is 0 Å². The molecule has 1 rings (SSSR count). The maximum Gasteiger partial charge on any atom is 0.0849 e. The molecule has 0 aromatic carbocycles. The number of rotatable bonds is 3. The Kier molecular flexibility index (Phi) is 2.56. The molecule has 0 unspecified atom stereocenters. The Morgan fingerprint density at radius 3 is 2.62 bits per heavy atom. The second-order valence-corrected chi connectivity index (χ2v) is 3.18. The molecule has 1 aliphatic heterocycles. The quantitative estimate of drug-likeness (QED) is 0.407. The number of hydrogen-bond acceptors (Lipinski definition) is 1. The van der Waals surface area contributed by atoms with E-state index in [2.05, 4.69) is 29.5 Å². The first-order valence-electron chi connectivity index (χ1n) is 3.10. The Morgan fingerprint density at radius 2 is 2.25 bits per heavy atom. The Morgan fingerprint density at radius 1 is 1.50 bits per heavy atom. The lowest BCUT2D eigenvalue weighted by Crippen LogP contribution is -1.91. The highest BCUT2D eigenvalue weighted by atomic mass is 127. The summed E-state index contributed by atoms with van der Waals surface area (Å²) >= 11 is 2.39. The van der Waals surface area contributed by atoms with Gasteiger partial charge in [0.05, 0.1) is 12.2 Å². The van der Waals surface area contributed by atoms with E-state index in [1.165, 1.54) is 17.3 Å². The van der Waals surface area contributed by atoms with Gasteiger partial charge in [-0.3, -0.25) is 0 Å². The highest BCUT2D eigenvalue weighted by molar-refractivity contribution is 14.1. The molecule has 0 spiro atoms. The minimum Gasteiger partial charge on any atom is -0.370 e. The normalized spacial score (nSPS) is 35.2. The molecule has 2 atom stereocenters. The molecule has 0 N–H and O–H groups in total. The van der Waals surface area contributed by atoms with E-state index in [1.807, 2.05) is 0 Å². The van der Waals surface area contributed by atoms with Crippen molar-refractivity contribution in [3.05, 3.63) is 0 Å². The molecule has 1 aliphatic rings. The SMILES string of the molecule is CC[C@H]1O[C@H]1CCI. The lowest BCUT2D eigenvalue weighted by molar-refractivity contribution is 0.365. The maximum absolute atomic E-state index is 5.30. The van der Waals surface area contributed by atoms with Crippen LogP contribution in [-0.4, -0.2) is 16.6 Å². The summed E-state index contributed by atoms with van der Waals surface area (Å²) in [6, 6.07) is 0. The minimum absolute atomic E-state index is 0.616. The largest absolute Gasteiger partial charge is 0.370 e. The van der Waals surface area contributed by atoms with Crippen LogP contribution in [0.4, 0.5) is 0 Å². The molecule has 2 heteroatoms. The van der Waals surface area contributed by atoms with Gasteiger partial charge in [0.15, 0.2) is 0 Å². The first-order chi connectivity index (χ1) is 3.88. The fraction of sp³-hybridized carbons (Fsp3) is 1.00. The molecule has 1 saturated heterocycles. The van der Waals surface area contributed by atoms with Crippen molar-refractivity contribution >= 4 is 22.6 Å². The lowest BCUT2D eigenvalue weighted by Gasteiger charge is -1.83. The van der Waals surface area contributed by atoms with Crippen molar-refractivity contribution in [3.8, 4) is 0 Å². The summed E-state index contributed by atoms with van der Waals surface area (Å²) < 4.78 is 6.54. The number of halogens is 1. The summed E-state index contributed by atoms with van der Waals surface area (Å²) in [5.41, 5.74) is 0. The first kappa shape index (κ1) is 6.81. The van der Waals surface area contributed by atoms with Gasteiger partial charge in [-0.25, -0.2) is 0 Å². The third-order valence-electron chi connectivity index (χ3n) is 1.48. The van der Waals surface area contributed by atoms with Crippen LogP contribution in [0.3, 0.4) is 0 Å². The van der Waals surface area contributed by atoms with Gasteiger partial charge in [-0.1, -0.05) is 29.5 Å². The molecule has 48 valence electrons. The van der Waals surface area contributed by atoms with Crippen molar-refractivity contribution in [2.45, 2.75) is 32.0 Å². The van der Waals surface area contributed by atoms with Gasteiger partial charge in [0.1, 0.15) is 0 Å². The number of ether oxygens (including phenoxy) is 1. The summed E-state index contributed by atoms with van der Waals surface area (Å²) in [6.07, 6.45) is 3.68. The van der Waals surface area contributed by atoms with E-state index in [0.717, 1.165) is 0 Å². The second-order valence-electron chi connectivity index (χ2n) is 2.10. The van der Waals surface area contributed by atoms with Gasteiger partial charge in [0.25, 0.3) is 0 Å². The van der Waals surface area contributed by atoms with Gasteiger partial charge in [-0.15, -0.1) is 0 Å². The Labute approximate surface area is 63.9 Å². The van der Waals surface area contributed by atoms with Crippen LogP contribution in [0.15, 0.2) is 0 Å². The van der Waals surface area contributed by atoms with Crippen molar-refractivity contribution in [3.63, 3.8) is 0 Å². The van der Waals surface area contributed by atoms with Crippen LogP contribution < -0.4 is 0 Å². The smallest absolute Gasteiger partial charge is 0.0849 e. The zero-order valence-electron chi connectivity index (χ0n) is 5.06. The number of hydrogen-bond donors (Lipinski definition) is 0. The van der Waals surface area contributed by atoms with E-state index >= 15 is 0 Å². The van der Waals surface area contributed by atoms with Crippen LogP contribution in [0, 0.1) is 0 Å². The van der Waals surface area contributed by atoms with Crippen molar-refractivity contribution in [2.24, 2.45) is 0 Å². The van der Waals surface area contributed by atoms with Crippen molar-refractivity contribution in [1.29, 1.82) is 0 Å². The summed E-state index contributed by atoms with van der Waals surface area (Å²) in [5, 5.41) is 0. The molecular weight excluding hydrogens is 215 g/mol. The van der Waals surface area contributed by atoms with Crippen LogP contribution in [0.1, 0.15) is 19.8 Å². The van der Waals surface area contributed by atoms with E-state index in [1.54, 1.807) is 0 Å². The Balaban J connectivity index is 1.99. The third kappa shape index (κ3) is 1.58. The molecule has 0 amide bonds. The zero-order valence-corrected chi connectivity index (χ0v) is 7.22. The van der Waals surface area contributed by atoms with Gasteiger partial charge >= 0.3 is 0 Å². The average Bonchev–Trinajstić information content (AvgIpc) is 2.48. The maximum atomic E-state index is 5.30. The lowest BCUT2D eigenvalue weighted by atomic mass is 10.2. The second kappa shape index (κ2) is 3.01. The van der Waals surface area contributed by atoms with E-state index in [0.29, 0.717) is 12.2 Å². The summed E-state index contributed by atoms with van der Waals surface area (Å²) in [4.78, 5) is 0. The average molecular weight is 226 g/mol. The molecule has 0 aliphatic carbocycles. The number of alkyl halides is 1. The van der Waals surface area contributed by atoms with Gasteiger partial charge in [0.2, 0.25) is 0 Å². The van der Waals surface area contributed by atoms with E-state index in [-0.39, 0.29) is 0 Å². The first-order valence-corrected chi connectivity index (χ1v) is 4.62. The van der Waals surface area contributed by atoms with Gasteiger partial charge < -0.3 is 4.74 Å². The summed E-state index contributed by atoms with van der Waals surface area (Å²) in [6.45, 7) is 2.18. The van der Waals surface area contributed by atoms with Gasteiger partial charge in [0, 0.05) is 4.43 Å². The van der Waals surface area contributed by atoms with Gasteiger partial charge in [-0.05, 0) is 12.8 Å². The Hall–Kier alpha value is 0.690. The molecule has 1 nitrogen and oxygen atoms in total. The van der Waals surface area contributed by atoms with E-state index in [9.17, 15) is 0 Å². The number of epoxide rings is 1. The Bertz CT molecular complexity index is 74.9. The zero-order chi connectivity index (χ0) is 5.98. The van der Waals surface area contributed by atoms with Crippen LogP contribution in [0.2, 0.25) is 0 Å². The predicted molar refractivity (Wildman–Crippen MR) is 42.5 cm³/mol. The highest BCUT2D eigenvalue weighted by Crippen LogP contribution is 2.28. The van der Waals surface area contributed by atoms with Crippen LogP contribution in [0.25, 0.3) is 0 Å². The molecule has 0 aromatic rings. The van der Waals surface area contributed by atoms with Crippen LogP contribution in [-0.2, 0) is 4.74 Å². The van der Waals surface area contributed by atoms with Crippen LogP contribution in [0.5, 0.6) is 0 Å². The van der Waals surface area contributed by atoms with Gasteiger partial charge in [-0.2, -0.15) is 0 Å². The monoisotopic (exact) mass is 226 g/mol. The topological polar surface area (TPSA) is 12.5 Å². The molecule has 0 saturated carbocycles. The molecule has 8 heavy (non-hydrogen) atoms. The fourth-order valence-electron chi connectivity index (χ4n) is 0.900. The molecule has 1 heterocycles. The summed E-state index contributed by atoms with van der Waals surface area (Å²) in [7, 11) is 0. The van der Waals surface area contributed by atoms with Crippen molar-refractivity contribution in [2.75, 3.05) is 4.43 Å². The summed E-state index contributed by atoms with van der Waals surface area (Å²) in [5.74, 6) is 0. The fourth-order valence-corrected chi connectivity index (χ4v) is 1.51. The van der Waals surface area contributed by atoms with Crippen molar-refractivity contribution < 1.29 is 4.74 Å².